The Kier molecular flexibility index (Phi) is 4.17. The highest BCUT2D eigenvalue weighted by molar-refractivity contribution is 7.98. The standard InChI is InChI=1S/C15H18N4O2S/c1-10(7-20)8-22-9-13-16-17-15-18(2)14(21)11-5-3-4-6-12(11)19(13)15/h3-6,10,20H,7-9H2,1-2H3. The van der Waals surface area contributed by atoms with Crippen LogP contribution >= 0.6 is 11.8 Å². The summed E-state index contributed by atoms with van der Waals surface area (Å²) in [6.45, 7) is 2.19. The topological polar surface area (TPSA) is 72.4 Å². The van der Waals surface area contributed by atoms with Crippen LogP contribution in [0.4, 0.5) is 0 Å². The largest absolute Gasteiger partial charge is 0.396 e. The number of hydrogen-bond acceptors (Lipinski definition) is 5. The molecule has 1 unspecified atom stereocenters. The fraction of sp³-hybridized carbons (Fsp3) is 0.400. The predicted molar refractivity (Wildman–Crippen MR) is 88.1 cm³/mol. The Morgan fingerprint density at radius 2 is 2.09 bits per heavy atom. The summed E-state index contributed by atoms with van der Waals surface area (Å²) in [5.74, 6) is 3.17. The van der Waals surface area contributed by atoms with Crippen molar-refractivity contribution < 1.29 is 5.11 Å². The van der Waals surface area contributed by atoms with Crippen molar-refractivity contribution >= 4 is 28.4 Å². The fourth-order valence-electron chi connectivity index (χ4n) is 2.39. The molecule has 2 heterocycles. The van der Waals surface area contributed by atoms with E-state index in [-0.39, 0.29) is 18.1 Å². The zero-order valence-corrected chi connectivity index (χ0v) is 13.4. The molecule has 1 N–H and O–H groups in total. The molecule has 3 rings (SSSR count). The first-order valence-electron chi connectivity index (χ1n) is 7.13. The lowest BCUT2D eigenvalue weighted by Gasteiger charge is -2.09. The minimum atomic E-state index is -0.0661. The number of thioether (sulfide) groups is 1. The van der Waals surface area contributed by atoms with Gasteiger partial charge in [-0.15, -0.1) is 10.2 Å². The smallest absolute Gasteiger partial charge is 0.262 e. The number of aliphatic hydroxyl groups is 1. The molecule has 0 saturated heterocycles. The molecule has 0 saturated carbocycles. The van der Waals surface area contributed by atoms with Crippen LogP contribution in [0.5, 0.6) is 0 Å². The van der Waals surface area contributed by atoms with Gasteiger partial charge in [-0.2, -0.15) is 11.8 Å². The van der Waals surface area contributed by atoms with Gasteiger partial charge in [-0.05, 0) is 23.8 Å². The Morgan fingerprint density at radius 3 is 2.86 bits per heavy atom. The molecule has 0 aliphatic heterocycles. The molecule has 0 bridgehead atoms. The van der Waals surface area contributed by atoms with Gasteiger partial charge in [0.05, 0.1) is 16.7 Å². The van der Waals surface area contributed by atoms with Crippen molar-refractivity contribution in [2.75, 3.05) is 12.4 Å². The van der Waals surface area contributed by atoms with Crippen LogP contribution in [0, 0.1) is 5.92 Å². The van der Waals surface area contributed by atoms with Crippen molar-refractivity contribution in [2.45, 2.75) is 12.7 Å². The van der Waals surface area contributed by atoms with Gasteiger partial charge in [0.2, 0.25) is 5.78 Å². The van der Waals surface area contributed by atoms with E-state index in [0.717, 1.165) is 17.1 Å². The zero-order chi connectivity index (χ0) is 15.7. The van der Waals surface area contributed by atoms with E-state index < -0.39 is 0 Å². The van der Waals surface area contributed by atoms with Crippen LogP contribution < -0.4 is 5.56 Å². The Morgan fingerprint density at radius 1 is 1.32 bits per heavy atom. The molecule has 2 aromatic heterocycles. The second-order valence-corrected chi connectivity index (χ2v) is 6.47. The number of fused-ring (bicyclic) bond motifs is 3. The molecule has 0 aliphatic carbocycles. The fourth-order valence-corrected chi connectivity index (χ4v) is 3.38. The first-order chi connectivity index (χ1) is 10.6. The summed E-state index contributed by atoms with van der Waals surface area (Å²) >= 11 is 1.71. The normalized spacial score (nSPS) is 13.0. The maximum absolute atomic E-state index is 12.3. The molecule has 1 atom stereocenters. The van der Waals surface area contributed by atoms with Gasteiger partial charge in [0.25, 0.3) is 5.56 Å². The van der Waals surface area contributed by atoms with Crippen molar-refractivity contribution in [2.24, 2.45) is 13.0 Å². The summed E-state index contributed by atoms with van der Waals surface area (Å²) < 4.78 is 3.47. The molecule has 116 valence electrons. The summed E-state index contributed by atoms with van der Waals surface area (Å²) in [7, 11) is 1.71. The highest BCUT2D eigenvalue weighted by Gasteiger charge is 2.14. The SMILES string of the molecule is CC(CO)CSCc1nnc2n(C)c(=O)c3ccccc3n12. The lowest BCUT2D eigenvalue weighted by Crippen LogP contribution is -2.20. The van der Waals surface area contributed by atoms with E-state index in [1.807, 2.05) is 35.6 Å². The molecular weight excluding hydrogens is 300 g/mol. The van der Waals surface area contributed by atoms with Gasteiger partial charge in [-0.1, -0.05) is 19.1 Å². The quantitative estimate of drug-likeness (QED) is 0.771. The van der Waals surface area contributed by atoms with Gasteiger partial charge in [0, 0.05) is 13.7 Å². The van der Waals surface area contributed by atoms with Crippen LogP contribution in [0.2, 0.25) is 0 Å². The average molecular weight is 318 g/mol. The van der Waals surface area contributed by atoms with Crippen molar-refractivity contribution in [1.82, 2.24) is 19.2 Å². The first kappa shape index (κ1) is 15.1. The molecule has 0 spiro atoms. The Labute approximate surface area is 131 Å². The van der Waals surface area contributed by atoms with Gasteiger partial charge in [0.15, 0.2) is 0 Å². The third kappa shape index (κ3) is 2.50. The molecule has 0 fully saturated rings. The molecule has 6 nitrogen and oxygen atoms in total. The van der Waals surface area contributed by atoms with E-state index >= 15 is 0 Å². The average Bonchev–Trinajstić information content (AvgIpc) is 2.96. The molecule has 0 aliphatic rings. The van der Waals surface area contributed by atoms with E-state index in [2.05, 4.69) is 10.2 Å². The van der Waals surface area contributed by atoms with Gasteiger partial charge in [0.1, 0.15) is 5.82 Å². The van der Waals surface area contributed by atoms with Gasteiger partial charge >= 0.3 is 0 Å². The molecule has 3 aromatic rings. The predicted octanol–water partition coefficient (Wildman–Crippen LogP) is 1.44. The number of aliphatic hydroxyl groups excluding tert-OH is 1. The number of aryl methyl sites for hydroxylation is 1. The van der Waals surface area contributed by atoms with E-state index in [1.54, 1.807) is 18.8 Å². The highest BCUT2D eigenvalue weighted by Crippen LogP contribution is 2.18. The van der Waals surface area contributed by atoms with E-state index in [9.17, 15) is 4.79 Å². The minimum absolute atomic E-state index is 0.0661. The number of hydrogen-bond donors (Lipinski definition) is 1. The number of rotatable bonds is 5. The highest BCUT2D eigenvalue weighted by atomic mass is 32.2. The monoisotopic (exact) mass is 318 g/mol. The summed E-state index contributed by atoms with van der Waals surface area (Å²) in [5, 5.41) is 18.1. The van der Waals surface area contributed by atoms with E-state index in [1.165, 1.54) is 4.57 Å². The molecule has 1 aromatic carbocycles. The molecule has 22 heavy (non-hydrogen) atoms. The van der Waals surface area contributed by atoms with Gasteiger partial charge in [-0.3, -0.25) is 13.8 Å². The van der Waals surface area contributed by atoms with Crippen LogP contribution in [0.25, 0.3) is 16.7 Å². The molecule has 7 heteroatoms. The van der Waals surface area contributed by atoms with Crippen LogP contribution in [-0.4, -0.2) is 36.6 Å². The van der Waals surface area contributed by atoms with E-state index in [4.69, 9.17) is 5.11 Å². The lowest BCUT2D eigenvalue weighted by molar-refractivity contribution is 0.250. The number of nitrogens with zero attached hydrogens (tertiary/aromatic N) is 4. The Hall–Kier alpha value is -1.86. The summed E-state index contributed by atoms with van der Waals surface area (Å²) in [5.41, 5.74) is 0.764. The van der Waals surface area contributed by atoms with Gasteiger partial charge in [-0.25, -0.2) is 0 Å². The Balaban J connectivity index is 2.08. The maximum Gasteiger partial charge on any atom is 0.262 e. The number of para-hydroxylation sites is 1. The van der Waals surface area contributed by atoms with Crippen molar-refractivity contribution in [3.8, 4) is 0 Å². The summed E-state index contributed by atoms with van der Waals surface area (Å²) in [4.78, 5) is 12.3. The molecular formula is C15H18N4O2S. The first-order valence-corrected chi connectivity index (χ1v) is 8.29. The molecule has 0 amide bonds. The number of aromatic nitrogens is 4. The zero-order valence-electron chi connectivity index (χ0n) is 12.6. The van der Waals surface area contributed by atoms with Gasteiger partial charge < -0.3 is 5.11 Å². The second-order valence-electron chi connectivity index (χ2n) is 5.44. The lowest BCUT2D eigenvalue weighted by atomic mass is 10.2. The van der Waals surface area contributed by atoms with Crippen LogP contribution in [0.3, 0.4) is 0 Å². The third-order valence-electron chi connectivity index (χ3n) is 3.64. The summed E-state index contributed by atoms with van der Waals surface area (Å²) in [6, 6.07) is 7.50. The van der Waals surface area contributed by atoms with Crippen LogP contribution in [0.1, 0.15) is 12.7 Å². The van der Waals surface area contributed by atoms with Crippen LogP contribution in [0.15, 0.2) is 29.1 Å². The second kappa shape index (κ2) is 6.10. The molecule has 0 radical (unpaired) electrons. The minimum Gasteiger partial charge on any atom is -0.396 e. The van der Waals surface area contributed by atoms with E-state index in [0.29, 0.717) is 16.9 Å². The maximum atomic E-state index is 12.3. The summed E-state index contributed by atoms with van der Waals surface area (Å²) in [6.07, 6.45) is 0. The Bertz CT molecular complexity index is 871. The number of benzene rings is 1. The third-order valence-corrected chi connectivity index (χ3v) is 4.91. The van der Waals surface area contributed by atoms with Crippen molar-refractivity contribution in [1.29, 1.82) is 0 Å². The van der Waals surface area contributed by atoms with Crippen molar-refractivity contribution in [3.05, 3.63) is 40.4 Å². The van der Waals surface area contributed by atoms with Crippen LogP contribution in [-0.2, 0) is 12.8 Å². The van der Waals surface area contributed by atoms with Crippen molar-refractivity contribution in [3.63, 3.8) is 0 Å².